The highest BCUT2D eigenvalue weighted by Gasteiger charge is 2.08. The zero-order valence-corrected chi connectivity index (χ0v) is 11.3. The molecule has 0 fully saturated rings. The van der Waals surface area contributed by atoms with Crippen LogP contribution >= 0.6 is 11.8 Å². The smallest absolute Gasteiger partial charge is 0.221 e. The van der Waals surface area contributed by atoms with Gasteiger partial charge in [-0.2, -0.15) is 4.98 Å². The van der Waals surface area contributed by atoms with Crippen LogP contribution in [0.3, 0.4) is 0 Å². The van der Waals surface area contributed by atoms with Crippen LogP contribution in [0.25, 0.3) is 0 Å². The van der Waals surface area contributed by atoms with Gasteiger partial charge < -0.3 is 11.5 Å². The third-order valence-corrected chi connectivity index (χ3v) is 3.77. The number of hydrogen-bond acceptors (Lipinski definition) is 5. The molecule has 0 bridgehead atoms. The van der Waals surface area contributed by atoms with Crippen LogP contribution < -0.4 is 11.5 Å². The van der Waals surface area contributed by atoms with Gasteiger partial charge in [0.05, 0.1) is 4.90 Å². The van der Waals surface area contributed by atoms with Crippen molar-refractivity contribution in [3.05, 3.63) is 35.5 Å². The molecular weight excluding hydrogens is 244 g/mol. The van der Waals surface area contributed by atoms with Gasteiger partial charge in [0.2, 0.25) is 5.95 Å². The molecule has 0 aliphatic rings. The summed E-state index contributed by atoms with van der Waals surface area (Å²) in [5.74, 6) is 0.631. The maximum atomic E-state index is 5.84. The van der Waals surface area contributed by atoms with E-state index < -0.39 is 0 Å². The van der Waals surface area contributed by atoms with Crippen molar-refractivity contribution in [2.45, 2.75) is 30.1 Å². The van der Waals surface area contributed by atoms with E-state index in [-0.39, 0.29) is 5.95 Å². The molecule has 4 N–H and O–H groups in total. The van der Waals surface area contributed by atoms with Gasteiger partial charge >= 0.3 is 0 Å². The lowest BCUT2D eigenvalue weighted by Gasteiger charge is -2.09. The van der Waals surface area contributed by atoms with Gasteiger partial charge in [-0.3, -0.25) is 0 Å². The Hall–Kier alpha value is -1.75. The Morgan fingerprint density at radius 3 is 2.67 bits per heavy atom. The molecule has 0 aliphatic carbocycles. The summed E-state index contributed by atoms with van der Waals surface area (Å²) in [6.45, 7) is 4.23. The van der Waals surface area contributed by atoms with Crippen LogP contribution in [0.15, 0.2) is 34.2 Å². The van der Waals surface area contributed by atoms with E-state index in [9.17, 15) is 0 Å². The van der Waals surface area contributed by atoms with Crippen molar-refractivity contribution in [3.63, 3.8) is 0 Å². The van der Waals surface area contributed by atoms with Crippen molar-refractivity contribution < 1.29 is 0 Å². The molecule has 0 spiro atoms. The fraction of sp³-hybridized carbons (Fsp3) is 0.231. The lowest BCUT2D eigenvalue weighted by atomic mass is 10.1. The largest absolute Gasteiger partial charge is 0.383 e. The topological polar surface area (TPSA) is 77.8 Å². The van der Waals surface area contributed by atoms with Crippen molar-refractivity contribution in [1.29, 1.82) is 0 Å². The fourth-order valence-electron chi connectivity index (χ4n) is 1.68. The van der Waals surface area contributed by atoms with Crippen molar-refractivity contribution in [2.24, 2.45) is 0 Å². The van der Waals surface area contributed by atoms with Crippen LogP contribution in [-0.2, 0) is 6.42 Å². The van der Waals surface area contributed by atoms with Gasteiger partial charge in [-0.05, 0) is 25.0 Å². The Morgan fingerprint density at radius 1 is 1.22 bits per heavy atom. The monoisotopic (exact) mass is 260 g/mol. The summed E-state index contributed by atoms with van der Waals surface area (Å²) >= 11 is 1.58. The second kappa shape index (κ2) is 5.27. The minimum atomic E-state index is 0.205. The molecule has 94 valence electrons. The number of hydrogen-bond donors (Lipinski definition) is 2. The summed E-state index contributed by atoms with van der Waals surface area (Å²) in [5, 5.41) is 0. The zero-order valence-electron chi connectivity index (χ0n) is 10.5. The van der Waals surface area contributed by atoms with E-state index in [1.807, 2.05) is 0 Å². The maximum absolute atomic E-state index is 5.84. The van der Waals surface area contributed by atoms with E-state index >= 15 is 0 Å². The predicted molar refractivity (Wildman–Crippen MR) is 75.5 cm³/mol. The lowest BCUT2D eigenvalue weighted by Crippen LogP contribution is -2.00. The molecule has 4 nitrogen and oxygen atoms in total. The molecule has 0 aliphatic heterocycles. The molecule has 0 atom stereocenters. The first-order chi connectivity index (χ1) is 8.60. The number of aryl methyl sites for hydroxylation is 2. The van der Waals surface area contributed by atoms with Gasteiger partial charge in [0.1, 0.15) is 5.82 Å². The van der Waals surface area contributed by atoms with E-state index in [2.05, 4.69) is 42.0 Å². The van der Waals surface area contributed by atoms with Crippen molar-refractivity contribution in [3.8, 4) is 0 Å². The first-order valence-electron chi connectivity index (χ1n) is 5.75. The second-order valence-corrected chi connectivity index (χ2v) is 5.13. The molecule has 1 heterocycles. The molecule has 1 aromatic carbocycles. The number of nitrogens with two attached hydrogens (primary N) is 2. The average molecular weight is 260 g/mol. The Morgan fingerprint density at radius 2 is 2.00 bits per heavy atom. The number of nitrogen functional groups attached to an aromatic ring is 2. The fourth-order valence-corrected chi connectivity index (χ4v) is 2.64. The molecule has 1 aromatic heterocycles. The number of nitrogens with zero attached hydrogens (tertiary/aromatic N) is 2. The lowest BCUT2D eigenvalue weighted by molar-refractivity contribution is 1.07. The van der Waals surface area contributed by atoms with E-state index in [0.29, 0.717) is 5.82 Å². The van der Waals surface area contributed by atoms with Crippen LogP contribution in [0.5, 0.6) is 0 Å². The molecular formula is C13H16N4S. The summed E-state index contributed by atoms with van der Waals surface area (Å²) < 4.78 is 0. The number of benzene rings is 1. The highest BCUT2D eigenvalue weighted by atomic mass is 32.2. The summed E-state index contributed by atoms with van der Waals surface area (Å²) in [5.41, 5.74) is 13.9. The average Bonchev–Trinajstić information content (AvgIpc) is 2.34. The van der Waals surface area contributed by atoms with Crippen molar-refractivity contribution in [1.82, 2.24) is 9.97 Å². The van der Waals surface area contributed by atoms with Crippen LogP contribution in [0.2, 0.25) is 0 Å². The first kappa shape index (κ1) is 12.7. The molecule has 2 rings (SSSR count). The van der Waals surface area contributed by atoms with Crippen LogP contribution in [0.4, 0.5) is 11.8 Å². The van der Waals surface area contributed by atoms with Gasteiger partial charge in [-0.25, -0.2) is 4.98 Å². The predicted octanol–water partition coefficient (Wildman–Crippen LogP) is 2.66. The Labute approximate surface area is 111 Å². The third-order valence-electron chi connectivity index (χ3n) is 2.62. The summed E-state index contributed by atoms with van der Waals surface area (Å²) in [4.78, 5) is 9.96. The van der Waals surface area contributed by atoms with Gasteiger partial charge in [0, 0.05) is 11.1 Å². The Kier molecular flexibility index (Phi) is 3.72. The quantitative estimate of drug-likeness (QED) is 0.887. The maximum Gasteiger partial charge on any atom is 0.221 e. The minimum Gasteiger partial charge on any atom is -0.383 e. The first-order valence-corrected chi connectivity index (χ1v) is 6.57. The highest BCUT2D eigenvalue weighted by Crippen LogP contribution is 2.33. The molecule has 0 radical (unpaired) electrons. The number of anilines is 2. The highest BCUT2D eigenvalue weighted by molar-refractivity contribution is 7.99. The summed E-state index contributed by atoms with van der Waals surface area (Å²) in [7, 11) is 0. The van der Waals surface area contributed by atoms with E-state index in [0.717, 1.165) is 11.3 Å². The van der Waals surface area contributed by atoms with Crippen molar-refractivity contribution in [2.75, 3.05) is 11.5 Å². The minimum absolute atomic E-state index is 0.205. The SMILES string of the molecule is CCc1cc(C)ccc1Sc1cnc(N)nc1N. The van der Waals surface area contributed by atoms with Crippen LogP contribution in [0.1, 0.15) is 18.1 Å². The van der Waals surface area contributed by atoms with Gasteiger partial charge in [-0.1, -0.05) is 36.4 Å². The summed E-state index contributed by atoms with van der Waals surface area (Å²) in [6, 6.07) is 6.39. The molecule has 18 heavy (non-hydrogen) atoms. The summed E-state index contributed by atoms with van der Waals surface area (Å²) in [6.07, 6.45) is 2.65. The normalized spacial score (nSPS) is 10.6. The van der Waals surface area contributed by atoms with Crippen LogP contribution in [-0.4, -0.2) is 9.97 Å². The molecule has 0 saturated heterocycles. The second-order valence-electron chi connectivity index (χ2n) is 4.04. The molecule has 0 saturated carbocycles. The van der Waals surface area contributed by atoms with E-state index in [1.54, 1.807) is 18.0 Å². The van der Waals surface area contributed by atoms with Gasteiger partial charge in [0.25, 0.3) is 0 Å². The van der Waals surface area contributed by atoms with Crippen molar-refractivity contribution >= 4 is 23.5 Å². The molecule has 0 unspecified atom stereocenters. The number of rotatable bonds is 3. The Bertz CT molecular complexity index is 569. The molecule has 0 amide bonds. The molecule has 5 heteroatoms. The molecule has 2 aromatic rings. The zero-order chi connectivity index (χ0) is 13.1. The van der Waals surface area contributed by atoms with Crippen LogP contribution in [0, 0.1) is 6.92 Å². The van der Waals surface area contributed by atoms with Gasteiger partial charge in [0.15, 0.2) is 0 Å². The van der Waals surface area contributed by atoms with E-state index in [4.69, 9.17) is 11.5 Å². The Balaban J connectivity index is 2.33. The third kappa shape index (κ3) is 2.73. The van der Waals surface area contributed by atoms with Gasteiger partial charge in [-0.15, -0.1) is 0 Å². The standard InChI is InChI=1S/C13H16N4S/c1-3-9-6-8(2)4-5-10(9)18-11-7-16-13(15)17-12(11)14/h4-7H,3H2,1-2H3,(H4,14,15,16,17). The van der Waals surface area contributed by atoms with E-state index in [1.165, 1.54) is 16.0 Å². The number of aromatic nitrogens is 2.